The monoisotopic (exact) mass is 353 g/mol. The standard InChI is InChI=1S/C21H41N2S/c1-4-5-6-9-12-15-21(2)24-19-14-11-8-7-10-13-16-23-18-17-22(3)20-23/h17-18,20-21H,4-16,19H2,1-3H3/q+1. The number of imidazole rings is 1. The third kappa shape index (κ3) is 12.0. The van der Waals surface area contributed by atoms with Crippen LogP contribution in [0.5, 0.6) is 0 Å². The topological polar surface area (TPSA) is 8.81 Å². The van der Waals surface area contributed by atoms with Crippen LogP contribution in [0, 0.1) is 0 Å². The fraction of sp³-hybridized carbons (Fsp3) is 0.857. The van der Waals surface area contributed by atoms with Crippen LogP contribution < -0.4 is 4.57 Å². The number of aryl methyl sites for hydroxylation is 2. The molecule has 2 nitrogen and oxygen atoms in total. The summed E-state index contributed by atoms with van der Waals surface area (Å²) >= 11 is 2.20. The van der Waals surface area contributed by atoms with Crippen molar-refractivity contribution in [1.29, 1.82) is 0 Å². The molecule has 1 atom stereocenters. The summed E-state index contributed by atoms with van der Waals surface area (Å²) in [5.41, 5.74) is 0. The fourth-order valence-electron chi connectivity index (χ4n) is 3.14. The maximum Gasteiger partial charge on any atom is 0.243 e. The lowest BCUT2D eigenvalue weighted by Crippen LogP contribution is -2.23. The second-order valence-corrected chi connectivity index (χ2v) is 8.87. The number of aromatic nitrogens is 2. The molecule has 0 N–H and O–H groups in total. The molecule has 0 radical (unpaired) electrons. The zero-order chi connectivity index (χ0) is 17.5. The van der Waals surface area contributed by atoms with Crippen LogP contribution in [0.2, 0.25) is 0 Å². The number of hydrogen-bond acceptors (Lipinski definition) is 1. The van der Waals surface area contributed by atoms with Gasteiger partial charge in [0.05, 0.1) is 13.6 Å². The zero-order valence-electron chi connectivity index (χ0n) is 16.5. The van der Waals surface area contributed by atoms with E-state index >= 15 is 0 Å². The maximum atomic E-state index is 2.42. The van der Waals surface area contributed by atoms with Gasteiger partial charge in [-0.05, 0) is 31.4 Å². The molecule has 0 amide bonds. The first-order chi connectivity index (χ1) is 11.7. The minimum Gasteiger partial charge on any atom is -0.240 e. The summed E-state index contributed by atoms with van der Waals surface area (Å²) in [7, 11) is 2.09. The molecule has 3 heteroatoms. The van der Waals surface area contributed by atoms with Crippen LogP contribution in [-0.4, -0.2) is 15.6 Å². The van der Waals surface area contributed by atoms with E-state index in [-0.39, 0.29) is 0 Å². The van der Waals surface area contributed by atoms with Crippen molar-refractivity contribution in [3.8, 4) is 0 Å². The van der Waals surface area contributed by atoms with E-state index in [0.29, 0.717) is 0 Å². The van der Waals surface area contributed by atoms with Crippen LogP contribution in [0.25, 0.3) is 0 Å². The number of thioether (sulfide) groups is 1. The molecule has 0 saturated heterocycles. The molecule has 0 aliphatic rings. The largest absolute Gasteiger partial charge is 0.243 e. The van der Waals surface area contributed by atoms with Gasteiger partial charge < -0.3 is 0 Å². The molecule has 1 aromatic rings. The zero-order valence-corrected chi connectivity index (χ0v) is 17.3. The summed E-state index contributed by atoms with van der Waals surface area (Å²) in [6.07, 6.45) is 23.3. The molecule has 0 aliphatic heterocycles. The van der Waals surface area contributed by atoms with Crippen LogP contribution in [0.3, 0.4) is 0 Å². The number of hydrogen-bond donors (Lipinski definition) is 0. The van der Waals surface area contributed by atoms with E-state index in [1.165, 1.54) is 89.3 Å². The number of rotatable bonds is 16. The highest BCUT2D eigenvalue weighted by Crippen LogP contribution is 2.20. The van der Waals surface area contributed by atoms with Gasteiger partial charge in [0, 0.05) is 5.25 Å². The van der Waals surface area contributed by atoms with Crippen molar-refractivity contribution in [1.82, 2.24) is 4.57 Å². The molecule has 0 aliphatic carbocycles. The molecule has 0 saturated carbocycles. The van der Waals surface area contributed by atoms with Gasteiger partial charge in [-0.25, -0.2) is 9.13 Å². The minimum atomic E-state index is 0.870. The Bertz CT molecular complexity index is 389. The highest BCUT2D eigenvalue weighted by molar-refractivity contribution is 7.99. The third-order valence-electron chi connectivity index (χ3n) is 4.75. The molecule has 0 aromatic carbocycles. The molecule has 1 unspecified atom stereocenters. The van der Waals surface area contributed by atoms with E-state index in [9.17, 15) is 0 Å². The van der Waals surface area contributed by atoms with Crippen molar-refractivity contribution in [3.05, 3.63) is 18.7 Å². The highest BCUT2D eigenvalue weighted by Gasteiger charge is 2.03. The Labute approximate surface area is 155 Å². The molecule has 0 spiro atoms. The van der Waals surface area contributed by atoms with Crippen molar-refractivity contribution in [3.63, 3.8) is 0 Å². The summed E-state index contributed by atoms with van der Waals surface area (Å²) in [5, 5.41) is 0.870. The van der Waals surface area contributed by atoms with Crippen molar-refractivity contribution < 1.29 is 4.57 Å². The summed E-state index contributed by atoms with van der Waals surface area (Å²) in [6, 6.07) is 0. The van der Waals surface area contributed by atoms with Gasteiger partial charge in [0.2, 0.25) is 6.33 Å². The first-order valence-corrected chi connectivity index (χ1v) is 11.4. The Morgan fingerprint density at radius 1 is 0.917 bits per heavy atom. The lowest BCUT2D eigenvalue weighted by molar-refractivity contribution is -0.671. The van der Waals surface area contributed by atoms with Crippen LogP contribution in [-0.2, 0) is 13.6 Å². The van der Waals surface area contributed by atoms with Gasteiger partial charge in [-0.15, -0.1) is 0 Å². The molecule has 0 fully saturated rings. The summed E-state index contributed by atoms with van der Waals surface area (Å²) < 4.78 is 4.41. The average Bonchev–Trinajstić information content (AvgIpc) is 2.98. The Balaban J connectivity index is 1.79. The van der Waals surface area contributed by atoms with Gasteiger partial charge in [-0.2, -0.15) is 11.8 Å². The van der Waals surface area contributed by atoms with Gasteiger partial charge in [0.1, 0.15) is 12.4 Å². The van der Waals surface area contributed by atoms with Crippen molar-refractivity contribution in [2.45, 2.75) is 103 Å². The second-order valence-electron chi connectivity index (χ2n) is 7.32. The van der Waals surface area contributed by atoms with Crippen LogP contribution in [0.1, 0.15) is 90.9 Å². The third-order valence-corrected chi connectivity index (χ3v) is 6.08. The summed E-state index contributed by atoms with van der Waals surface area (Å²) in [4.78, 5) is 0. The first-order valence-electron chi connectivity index (χ1n) is 10.3. The highest BCUT2D eigenvalue weighted by atomic mass is 32.2. The van der Waals surface area contributed by atoms with E-state index in [0.717, 1.165) is 5.25 Å². The first kappa shape index (κ1) is 21.6. The minimum absolute atomic E-state index is 0.870. The molecule has 1 aromatic heterocycles. The Hall–Kier alpha value is -0.440. The second kappa shape index (κ2) is 14.9. The Morgan fingerprint density at radius 3 is 2.29 bits per heavy atom. The van der Waals surface area contributed by atoms with Gasteiger partial charge in [-0.3, -0.25) is 0 Å². The lowest BCUT2D eigenvalue weighted by Gasteiger charge is -2.10. The van der Waals surface area contributed by atoms with Gasteiger partial charge >= 0.3 is 0 Å². The van der Waals surface area contributed by atoms with Gasteiger partial charge in [-0.1, -0.05) is 65.2 Å². The molecule has 1 rings (SSSR count). The normalized spacial score (nSPS) is 12.6. The van der Waals surface area contributed by atoms with E-state index in [4.69, 9.17) is 0 Å². The molecular formula is C21H41N2S+. The maximum absolute atomic E-state index is 2.42. The lowest BCUT2D eigenvalue weighted by atomic mass is 10.1. The Kier molecular flexibility index (Phi) is 13.4. The Morgan fingerprint density at radius 2 is 1.58 bits per heavy atom. The van der Waals surface area contributed by atoms with Crippen molar-refractivity contribution >= 4 is 11.8 Å². The SMILES string of the molecule is CCCCCCCC(C)SCCCCCCCCn1cc[n+](C)c1. The predicted octanol–water partition coefficient (Wildman–Crippen LogP) is 6.14. The van der Waals surface area contributed by atoms with Crippen LogP contribution >= 0.6 is 11.8 Å². The average molecular weight is 354 g/mol. The van der Waals surface area contributed by atoms with E-state index < -0.39 is 0 Å². The van der Waals surface area contributed by atoms with E-state index in [1.807, 2.05) is 0 Å². The molecular weight excluding hydrogens is 312 g/mol. The van der Waals surface area contributed by atoms with Gasteiger partial charge in [0.15, 0.2) is 0 Å². The smallest absolute Gasteiger partial charge is 0.240 e. The molecule has 0 bridgehead atoms. The summed E-state index contributed by atoms with van der Waals surface area (Å²) in [5.74, 6) is 1.37. The molecule has 1 heterocycles. The summed E-state index contributed by atoms with van der Waals surface area (Å²) in [6.45, 7) is 5.89. The molecule has 140 valence electrons. The van der Waals surface area contributed by atoms with Crippen molar-refractivity contribution in [2.24, 2.45) is 7.05 Å². The number of unbranched alkanes of at least 4 members (excludes halogenated alkanes) is 9. The van der Waals surface area contributed by atoms with Crippen molar-refractivity contribution in [2.75, 3.05) is 5.75 Å². The molecule has 24 heavy (non-hydrogen) atoms. The predicted molar refractivity (Wildman–Crippen MR) is 109 cm³/mol. The quantitative estimate of drug-likeness (QED) is 0.256. The van der Waals surface area contributed by atoms with Gasteiger partial charge in [0.25, 0.3) is 0 Å². The van der Waals surface area contributed by atoms with E-state index in [1.54, 1.807) is 0 Å². The number of nitrogens with zero attached hydrogens (tertiary/aromatic N) is 2. The van der Waals surface area contributed by atoms with Crippen LogP contribution in [0.15, 0.2) is 18.7 Å². The fourth-order valence-corrected chi connectivity index (χ4v) is 4.25. The van der Waals surface area contributed by atoms with E-state index in [2.05, 4.69) is 60.5 Å². The van der Waals surface area contributed by atoms with Crippen LogP contribution in [0.4, 0.5) is 0 Å².